The predicted molar refractivity (Wildman–Crippen MR) is 61.1 cm³/mol. The number of carbonyl (C=O) groups is 1. The Kier molecular flexibility index (Phi) is 2.48. The van der Waals surface area contributed by atoms with Crippen LogP contribution in [0.1, 0.15) is 10.5 Å². The number of aldehydes is 1. The smallest absolute Gasteiger partial charge is 0.262 e. The molecular weight excluding hydrogens is 206 g/mol. The van der Waals surface area contributed by atoms with Gasteiger partial charge in [0.25, 0.3) is 5.56 Å². The standard InChI is InChI=1S/C12H11NO3/c1-13-9(7-14)6-8-4-3-5-10(16-2)11(8)12(13)15/h3-7H,1-2H3. The number of rotatable bonds is 2. The monoisotopic (exact) mass is 217 g/mol. The Balaban J connectivity index is 2.98. The lowest BCUT2D eigenvalue weighted by Crippen LogP contribution is -2.20. The first kappa shape index (κ1) is 10.4. The van der Waals surface area contributed by atoms with Crippen molar-refractivity contribution in [2.75, 3.05) is 7.11 Å². The number of pyridine rings is 1. The zero-order valence-electron chi connectivity index (χ0n) is 9.06. The highest BCUT2D eigenvalue weighted by atomic mass is 16.5. The molecule has 0 saturated carbocycles. The largest absolute Gasteiger partial charge is 0.496 e. The Morgan fingerprint density at radius 3 is 2.75 bits per heavy atom. The average molecular weight is 217 g/mol. The maximum atomic E-state index is 12.0. The zero-order valence-corrected chi connectivity index (χ0v) is 9.06. The second-order valence-electron chi connectivity index (χ2n) is 3.48. The number of nitrogens with zero attached hydrogens (tertiary/aromatic N) is 1. The summed E-state index contributed by atoms with van der Waals surface area (Å²) in [5.41, 5.74) is 0.128. The van der Waals surface area contributed by atoms with Crippen LogP contribution in [0.5, 0.6) is 5.75 Å². The highest BCUT2D eigenvalue weighted by Gasteiger charge is 2.09. The molecule has 2 aromatic rings. The van der Waals surface area contributed by atoms with Crippen molar-refractivity contribution in [3.8, 4) is 5.75 Å². The van der Waals surface area contributed by atoms with Crippen LogP contribution in [0.4, 0.5) is 0 Å². The minimum absolute atomic E-state index is 0.225. The van der Waals surface area contributed by atoms with Gasteiger partial charge in [-0.15, -0.1) is 0 Å². The fraction of sp³-hybridized carbons (Fsp3) is 0.167. The summed E-state index contributed by atoms with van der Waals surface area (Å²) >= 11 is 0. The number of hydrogen-bond donors (Lipinski definition) is 0. The van der Waals surface area contributed by atoms with Gasteiger partial charge < -0.3 is 9.30 Å². The van der Waals surface area contributed by atoms with E-state index >= 15 is 0 Å². The van der Waals surface area contributed by atoms with Crippen LogP contribution in [0.2, 0.25) is 0 Å². The molecule has 0 radical (unpaired) electrons. The van der Waals surface area contributed by atoms with E-state index in [0.29, 0.717) is 28.5 Å². The summed E-state index contributed by atoms with van der Waals surface area (Å²) in [7, 11) is 3.08. The van der Waals surface area contributed by atoms with E-state index in [9.17, 15) is 9.59 Å². The maximum absolute atomic E-state index is 12.0. The quantitative estimate of drug-likeness (QED) is 0.713. The molecule has 0 fully saturated rings. The van der Waals surface area contributed by atoms with Crippen LogP contribution in [0.3, 0.4) is 0 Å². The molecule has 0 spiro atoms. The van der Waals surface area contributed by atoms with Crippen LogP contribution in [-0.2, 0) is 7.05 Å². The highest BCUT2D eigenvalue weighted by Crippen LogP contribution is 2.22. The molecule has 1 aromatic carbocycles. The molecule has 82 valence electrons. The first-order valence-corrected chi connectivity index (χ1v) is 4.81. The van der Waals surface area contributed by atoms with Crippen molar-refractivity contribution in [3.05, 3.63) is 40.3 Å². The van der Waals surface area contributed by atoms with E-state index in [1.807, 2.05) is 0 Å². The molecule has 1 heterocycles. The molecule has 0 aliphatic carbocycles. The van der Waals surface area contributed by atoms with Crippen LogP contribution in [0.25, 0.3) is 10.8 Å². The molecule has 16 heavy (non-hydrogen) atoms. The molecule has 0 aliphatic rings. The minimum Gasteiger partial charge on any atom is -0.496 e. The summed E-state index contributed by atoms with van der Waals surface area (Å²) in [6.07, 6.45) is 0.667. The third-order valence-corrected chi connectivity index (χ3v) is 2.61. The van der Waals surface area contributed by atoms with E-state index in [4.69, 9.17) is 4.74 Å². The first-order valence-electron chi connectivity index (χ1n) is 4.81. The van der Waals surface area contributed by atoms with E-state index in [-0.39, 0.29) is 5.56 Å². The van der Waals surface area contributed by atoms with Crippen LogP contribution in [0, 0.1) is 0 Å². The van der Waals surface area contributed by atoms with Crippen molar-refractivity contribution in [3.63, 3.8) is 0 Å². The molecule has 4 heteroatoms. The zero-order chi connectivity index (χ0) is 11.7. The molecule has 0 saturated heterocycles. The second-order valence-corrected chi connectivity index (χ2v) is 3.48. The highest BCUT2D eigenvalue weighted by molar-refractivity contribution is 5.91. The third-order valence-electron chi connectivity index (χ3n) is 2.61. The number of benzene rings is 1. The van der Waals surface area contributed by atoms with Gasteiger partial charge >= 0.3 is 0 Å². The van der Waals surface area contributed by atoms with Crippen LogP contribution < -0.4 is 10.3 Å². The lowest BCUT2D eigenvalue weighted by atomic mass is 10.1. The molecular formula is C12H11NO3. The lowest BCUT2D eigenvalue weighted by Gasteiger charge is -2.08. The molecule has 0 amide bonds. The van der Waals surface area contributed by atoms with E-state index < -0.39 is 0 Å². The van der Waals surface area contributed by atoms with Gasteiger partial charge in [0, 0.05) is 7.05 Å². The van der Waals surface area contributed by atoms with Crippen LogP contribution >= 0.6 is 0 Å². The summed E-state index contributed by atoms with van der Waals surface area (Å²) in [5.74, 6) is 0.524. The van der Waals surface area contributed by atoms with Gasteiger partial charge in [-0.05, 0) is 17.5 Å². The second kappa shape index (κ2) is 3.81. The fourth-order valence-electron chi connectivity index (χ4n) is 1.72. The van der Waals surface area contributed by atoms with Gasteiger partial charge in [-0.2, -0.15) is 0 Å². The molecule has 4 nitrogen and oxygen atoms in total. The van der Waals surface area contributed by atoms with Crippen molar-refractivity contribution in [2.24, 2.45) is 7.05 Å². The topological polar surface area (TPSA) is 48.3 Å². The van der Waals surface area contributed by atoms with Gasteiger partial charge in [-0.25, -0.2) is 0 Å². The number of fused-ring (bicyclic) bond motifs is 1. The fourth-order valence-corrected chi connectivity index (χ4v) is 1.72. The molecule has 0 unspecified atom stereocenters. The Morgan fingerprint density at radius 2 is 2.12 bits per heavy atom. The minimum atomic E-state index is -0.225. The molecule has 0 bridgehead atoms. The number of carbonyl (C=O) groups excluding carboxylic acids is 1. The van der Waals surface area contributed by atoms with E-state index in [1.54, 1.807) is 31.3 Å². The summed E-state index contributed by atoms with van der Waals surface area (Å²) in [6, 6.07) is 6.97. The van der Waals surface area contributed by atoms with Crippen molar-refractivity contribution >= 4 is 17.1 Å². The maximum Gasteiger partial charge on any atom is 0.262 e. The van der Waals surface area contributed by atoms with Crippen molar-refractivity contribution in [1.29, 1.82) is 0 Å². The normalized spacial score (nSPS) is 10.4. The lowest BCUT2D eigenvalue weighted by molar-refractivity contribution is 0.111. The van der Waals surface area contributed by atoms with E-state index in [0.717, 1.165) is 0 Å². The summed E-state index contributed by atoms with van der Waals surface area (Å²) < 4.78 is 6.45. The number of methoxy groups -OCH3 is 1. The van der Waals surface area contributed by atoms with Crippen LogP contribution in [-0.4, -0.2) is 18.0 Å². The van der Waals surface area contributed by atoms with Crippen molar-refractivity contribution < 1.29 is 9.53 Å². The third kappa shape index (κ3) is 1.39. The average Bonchev–Trinajstić information content (AvgIpc) is 2.32. The van der Waals surface area contributed by atoms with Gasteiger partial charge in [-0.1, -0.05) is 12.1 Å². The van der Waals surface area contributed by atoms with Crippen molar-refractivity contribution in [1.82, 2.24) is 4.57 Å². The summed E-state index contributed by atoms with van der Waals surface area (Å²) in [5, 5.41) is 1.21. The van der Waals surface area contributed by atoms with Gasteiger partial charge in [0.05, 0.1) is 18.2 Å². The van der Waals surface area contributed by atoms with E-state index in [2.05, 4.69) is 0 Å². The van der Waals surface area contributed by atoms with Crippen molar-refractivity contribution in [2.45, 2.75) is 0 Å². The van der Waals surface area contributed by atoms with E-state index in [1.165, 1.54) is 11.7 Å². The van der Waals surface area contributed by atoms with Crippen LogP contribution in [0.15, 0.2) is 29.1 Å². The Labute approximate surface area is 92.1 Å². The number of hydrogen-bond acceptors (Lipinski definition) is 3. The van der Waals surface area contributed by atoms with Gasteiger partial charge in [0.2, 0.25) is 0 Å². The Morgan fingerprint density at radius 1 is 1.38 bits per heavy atom. The molecule has 0 N–H and O–H groups in total. The predicted octanol–water partition coefficient (Wildman–Crippen LogP) is 1.36. The molecule has 1 aromatic heterocycles. The Bertz CT molecular complexity index is 613. The first-order chi connectivity index (χ1) is 7.69. The van der Waals surface area contributed by atoms with Gasteiger partial charge in [0.15, 0.2) is 6.29 Å². The molecule has 2 rings (SSSR count). The van der Waals surface area contributed by atoms with Gasteiger partial charge in [-0.3, -0.25) is 9.59 Å². The molecule has 0 aliphatic heterocycles. The summed E-state index contributed by atoms with van der Waals surface area (Å²) in [6.45, 7) is 0. The SMILES string of the molecule is COc1cccc2cc(C=O)n(C)c(=O)c12. The number of aromatic nitrogens is 1. The van der Waals surface area contributed by atoms with Gasteiger partial charge in [0.1, 0.15) is 5.75 Å². The number of ether oxygens (including phenoxy) is 1. The molecule has 0 atom stereocenters. The summed E-state index contributed by atoms with van der Waals surface area (Å²) in [4.78, 5) is 22.8. The Hall–Kier alpha value is -2.10.